The van der Waals surface area contributed by atoms with Gasteiger partial charge in [0.05, 0.1) is 16.4 Å². The first-order chi connectivity index (χ1) is 9.81. The molecule has 0 atom stereocenters. The number of hydrogen-bond donors (Lipinski definition) is 3. The van der Waals surface area contributed by atoms with E-state index < -0.39 is 15.9 Å². The molecule has 5 N–H and O–H groups in total. The van der Waals surface area contributed by atoms with Crippen LogP contribution in [-0.4, -0.2) is 14.3 Å². The number of primary amides is 1. The molecule has 0 spiro atoms. The quantitative estimate of drug-likeness (QED) is 0.743. The molecule has 0 unspecified atom stereocenters. The summed E-state index contributed by atoms with van der Waals surface area (Å²) in [6.45, 7) is 0. The van der Waals surface area contributed by atoms with Crippen LogP contribution in [0.2, 0.25) is 5.02 Å². The zero-order chi connectivity index (χ0) is 15.6. The Morgan fingerprint density at radius 1 is 1.14 bits per heavy atom. The molecule has 0 saturated carbocycles. The van der Waals surface area contributed by atoms with Crippen molar-refractivity contribution >= 4 is 38.9 Å². The van der Waals surface area contributed by atoms with Crippen molar-refractivity contribution in [2.45, 2.75) is 4.90 Å². The van der Waals surface area contributed by atoms with Gasteiger partial charge in [0.2, 0.25) is 5.91 Å². The number of hydrogen-bond acceptors (Lipinski definition) is 4. The minimum absolute atomic E-state index is 0.0779. The number of nitrogens with one attached hydrogen (secondary N) is 1. The fourth-order valence-corrected chi connectivity index (χ4v) is 3.12. The first-order valence-electron chi connectivity index (χ1n) is 5.78. The third-order valence-corrected chi connectivity index (χ3v) is 4.47. The van der Waals surface area contributed by atoms with Gasteiger partial charge in [0, 0.05) is 5.56 Å². The summed E-state index contributed by atoms with van der Waals surface area (Å²) in [5.74, 6) is -0.690. The lowest BCUT2D eigenvalue weighted by atomic mass is 10.2. The van der Waals surface area contributed by atoms with E-state index in [1.54, 1.807) is 18.2 Å². The maximum absolute atomic E-state index is 12.3. The van der Waals surface area contributed by atoms with E-state index in [0.717, 1.165) is 0 Å². The Hall–Kier alpha value is -2.25. The first-order valence-corrected chi connectivity index (χ1v) is 7.64. The van der Waals surface area contributed by atoms with Crippen molar-refractivity contribution in [1.82, 2.24) is 0 Å². The fraction of sp³-hybridized carbons (Fsp3) is 0. The molecule has 0 aliphatic rings. The van der Waals surface area contributed by atoms with Crippen molar-refractivity contribution in [3.63, 3.8) is 0 Å². The van der Waals surface area contributed by atoms with Gasteiger partial charge in [0.1, 0.15) is 4.90 Å². The summed E-state index contributed by atoms with van der Waals surface area (Å²) in [6.07, 6.45) is 0. The monoisotopic (exact) mass is 325 g/mol. The Bertz CT molecular complexity index is 806. The predicted octanol–water partition coefficient (Wildman–Crippen LogP) is 1.82. The lowest BCUT2D eigenvalue weighted by Gasteiger charge is -2.11. The van der Waals surface area contributed by atoms with E-state index in [-0.39, 0.29) is 26.9 Å². The predicted molar refractivity (Wildman–Crippen MR) is 81.6 cm³/mol. The van der Waals surface area contributed by atoms with Gasteiger partial charge in [-0.2, -0.15) is 0 Å². The molecule has 0 radical (unpaired) electrons. The highest BCUT2D eigenvalue weighted by molar-refractivity contribution is 7.92. The second-order valence-corrected chi connectivity index (χ2v) is 6.26. The molecule has 21 heavy (non-hydrogen) atoms. The van der Waals surface area contributed by atoms with Crippen LogP contribution in [0.1, 0.15) is 10.4 Å². The van der Waals surface area contributed by atoms with Crippen LogP contribution in [0.5, 0.6) is 0 Å². The minimum Gasteiger partial charge on any atom is -0.398 e. The largest absolute Gasteiger partial charge is 0.398 e. The van der Waals surface area contributed by atoms with Crippen LogP contribution in [0.25, 0.3) is 0 Å². The number of nitrogen functional groups attached to an aromatic ring is 1. The van der Waals surface area contributed by atoms with Crippen LogP contribution in [0.4, 0.5) is 11.4 Å². The van der Waals surface area contributed by atoms with E-state index in [0.29, 0.717) is 0 Å². The number of carbonyl (C=O) groups is 1. The van der Waals surface area contributed by atoms with Gasteiger partial charge in [0.25, 0.3) is 10.0 Å². The standard InChI is InChI=1S/C13H12ClN3O3S/c14-9-3-1-2-4-11(9)17-21(19,20)12-6-5-8(13(16)18)7-10(12)15/h1-7,17H,15H2,(H2,16,18). The van der Waals surface area contributed by atoms with Gasteiger partial charge in [-0.05, 0) is 30.3 Å². The van der Waals surface area contributed by atoms with Crippen LogP contribution < -0.4 is 16.2 Å². The van der Waals surface area contributed by atoms with Crippen LogP contribution in [0, 0.1) is 0 Å². The van der Waals surface area contributed by atoms with E-state index in [1.807, 2.05) is 0 Å². The number of benzene rings is 2. The highest BCUT2D eigenvalue weighted by Gasteiger charge is 2.19. The molecule has 0 heterocycles. The lowest BCUT2D eigenvalue weighted by molar-refractivity contribution is 0.1000. The Morgan fingerprint density at radius 2 is 1.81 bits per heavy atom. The Morgan fingerprint density at radius 3 is 2.38 bits per heavy atom. The van der Waals surface area contributed by atoms with Gasteiger partial charge in [-0.3, -0.25) is 9.52 Å². The molecule has 0 fully saturated rings. The molecule has 0 saturated heterocycles. The normalized spacial score (nSPS) is 11.1. The van der Waals surface area contributed by atoms with E-state index in [2.05, 4.69) is 4.72 Å². The SMILES string of the molecule is NC(=O)c1ccc(S(=O)(=O)Nc2ccccc2Cl)c(N)c1. The number of sulfonamides is 1. The lowest BCUT2D eigenvalue weighted by Crippen LogP contribution is -2.17. The summed E-state index contributed by atoms with van der Waals surface area (Å²) in [4.78, 5) is 10.9. The Kier molecular flexibility index (Phi) is 4.06. The highest BCUT2D eigenvalue weighted by Crippen LogP contribution is 2.26. The Labute approximate surface area is 126 Å². The topological polar surface area (TPSA) is 115 Å². The third kappa shape index (κ3) is 3.26. The zero-order valence-corrected chi connectivity index (χ0v) is 12.3. The van der Waals surface area contributed by atoms with Gasteiger partial charge in [-0.1, -0.05) is 23.7 Å². The van der Waals surface area contributed by atoms with E-state index in [4.69, 9.17) is 23.1 Å². The third-order valence-electron chi connectivity index (χ3n) is 2.70. The average molecular weight is 326 g/mol. The molecule has 6 nitrogen and oxygen atoms in total. The zero-order valence-electron chi connectivity index (χ0n) is 10.7. The van der Waals surface area contributed by atoms with Crippen LogP contribution in [0.15, 0.2) is 47.4 Å². The first kappa shape index (κ1) is 15.1. The molecule has 0 aliphatic heterocycles. The molecule has 2 aromatic rings. The van der Waals surface area contributed by atoms with Gasteiger partial charge >= 0.3 is 0 Å². The summed E-state index contributed by atoms with van der Waals surface area (Å²) < 4.78 is 26.9. The number of halogens is 1. The minimum atomic E-state index is -3.92. The van der Waals surface area contributed by atoms with Crippen molar-refractivity contribution in [3.05, 3.63) is 53.1 Å². The molecule has 0 aromatic heterocycles. The van der Waals surface area contributed by atoms with Crippen molar-refractivity contribution in [1.29, 1.82) is 0 Å². The van der Waals surface area contributed by atoms with E-state index in [9.17, 15) is 13.2 Å². The summed E-state index contributed by atoms with van der Waals surface area (Å²) in [6, 6.07) is 10.1. The fourth-order valence-electron chi connectivity index (χ4n) is 1.69. The number of nitrogens with two attached hydrogens (primary N) is 2. The summed E-state index contributed by atoms with van der Waals surface area (Å²) in [7, 11) is -3.92. The summed E-state index contributed by atoms with van der Waals surface area (Å²) in [5.41, 5.74) is 11.1. The Balaban J connectivity index is 2.41. The van der Waals surface area contributed by atoms with E-state index in [1.165, 1.54) is 24.3 Å². The number of para-hydroxylation sites is 1. The smallest absolute Gasteiger partial charge is 0.263 e. The molecule has 8 heteroatoms. The molecule has 0 bridgehead atoms. The van der Waals surface area contributed by atoms with Gasteiger partial charge in [-0.25, -0.2) is 8.42 Å². The van der Waals surface area contributed by atoms with Gasteiger partial charge < -0.3 is 11.5 Å². The molecular weight excluding hydrogens is 314 g/mol. The van der Waals surface area contributed by atoms with E-state index >= 15 is 0 Å². The van der Waals surface area contributed by atoms with Crippen molar-refractivity contribution in [2.24, 2.45) is 5.73 Å². The molecule has 2 aromatic carbocycles. The maximum atomic E-state index is 12.3. The molecular formula is C13H12ClN3O3S. The summed E-state index contributed by atoms with van der Waals surface area (Å²) >= 11 is 5.90. The van der Waals surface area contributed by atoms with Crippen LogP contribution in [-0.2, 0) is 10.0 Å². The average Bonchev–Trinajstić information content (AvgIpc) is 2.40. The van der Waals surface area contributed by atoms with Crippen LogP contribution in [0.3, 0.4) is 0 Å². The maximum Gasteiger partial charge on any atom is 0.263 e. The molecule has 110 valence electrons. The molecule has 1 amide bonds. The molecule has 2 rings (SSSR count). The second-order valence-electron chi connectivity index (χ2n) is 4.20. The number of carbonyl (C=O) groups excluding carboxylic acids is 1. The number of anilines is 2. The van der Waals surface area contributed by atoms with Gasteiger partial charge in [0.15, 0.2) is 0 Å². The van der Waals surface area contributed by atoms with Gasteiger partial charge in [-0.15, -0.1) is 0 Å². The molecule has 0 aliphatic carbocycles. The second kappa shape index (κ2) is 5.63. The number of rotatable bonds is 4. The van der Waals surface area contributed by atoms with Crippen molar-refractivity contribution in [2.75, 3.05) is 10.5 Å². The van der Waals surface area contributed by atoms with Crippen molar-refractivity contribution < 1.29 is 13.2 Å². The van der Waals surface area contributed by atoms with Crippen LogP contribution >= 0.6 is 11.6 Å². The van der Waals surface area contributed by atoms with Crippen molar-refractivity contribution in [3.8, 4) is 0 Å². The highest BCUT2D eigenvalue weighted by atomic mass is 35.5. The number of amides is 1. The summed E-state index contributed by atoms with van der Waals surface area (Å²) in [5, 5.41) is 0.258.